The van der Waals surface area contributed by atoms with Gasteiger partial charge >= 0.3 is 0 Å². The summed E-state index contributed by atoms with van der Waals surface area (Å²) >= 11 is 4.89. The van der Waals surface area contributed by atoms with Crippen molar-refractivity contribution in [3.63, 3.8) is 0 Å². The summed E-state index contributed by atoms with van der Waals surface area (Å²) in [4.78, 5) is 4.31. The smallest absolute Gasteiger partial charge is 0.244 e. The van der Waals surface area contributed by atoms with Crippen molar-refractivity contribution in [2.75, 3.05) is 23.9 Å². The summed E-state index contributed by atoms with van der Waals surface area (Å²) in [6.07, 6.45) is 4.29. The van der Waals surface area contributed by atoms with Gasteiger partial charge in [-0.15, -0.1) is 0 Å². The second kappa shape index (κ2) is 8.21. The molecule has 2 N–H and O–H groups in total. The maximum absolute atomic E-state index is 12.5. The molecule has 0 aliphatic rings. The molecule has 0 radical (unpaired) electrons. The summed E-state index contributed by atoms with van der Waals surface area (Å²) in [5.74, 6) is 1.12. The van der Waals surface area contributed by atoms with Crippen LogP contribution in [0, 0.1) is 0 Å². The fraction of sp³-hybridized carbons (Fsp3) is 0.583. The minimum atomic E-state index is -3.59. The zero-order valence-electron chi connectivity index (χ0n) is 11.8. The fourth-order valence-corrected chi connectivity index (χ4v) is 4.43. The number of rotatable bonds is 8. The molecule has 0 saturated carbocycles. The molecule has 0 aromatic carbocycles. The van der Waals surface area contributed by atoms with Crippen LogP contribution in [-0.4, -0.2) is 38.0 Å². The van der Waals surface area contributed by atoms with E-state index in [2.05, 4.69) is 31.0 Å². The number of anilines is 1. The quantitative estimate of drug-likeness (QED) is 0.724. The van der Waals surface area contributed by atoms with E-state index in [1.54, 1.807) is 24.0 Å². The third-order valence-corrected chi connectivity index (χ3v) is 5.34. The highest BCUT2D eigenvalue weighted by Gasteiger charge is 2.23. The van der Waals surface area contributed by atoms with E-state index in [0.29, 0.717) is 16.8 Å². The van der Waals surface area contributed by atoms with Crippen molar-refractivity contribution in [1.29, 1.82) is 0 Å². The van der Waals surface area contributed by atoms with Crippen molar-refractivity contribution < 1.29 is 8.42 Å². The summed E-state index contributed by atoms with van der Waals surface area (Å²) in [6, 6.07) is 1.49. The minimum Gasteiger partial charge on any atom is -0.369 e. The first-order valence-corrected chi connectivity index (χ1v) is 10.0. The number of hydrogen-bond donors (Lipinski definition) is 2. The molecule has 1 unspecified atom stereocenters. The normalized spacial score (nSPS) is 13.2. The topological polar surface area (TPSA) is 71.1 Å². The van der Waals surface area contributed by atoms with Crippen LogP contribution in [0.2, 0.25) is 0 Å². The van der Waals surface area contributed by atoms with E-state index >= 15 is 0 Å². The molecule has 0 amide bonds. The van der Waals surface area contributed by atoms with Crippen molar-refractivity contribution in [2.45, 2.75) is 31.2 Å². The molecule has 1 heterocycles. The second-order valence-electron chi connectivity index (χ2n) is 4.21. The lowest BCUT2D eigenvalue weighted by atomic mass is 10.3. The molecular formula is C12H20BrN3O2S2. The van der Waals surface area contributed by atoms with Gasteiger partial charge in [0.2, 0.25) is 10.0 Å². The van der Waals surface area contributed by atoms with Gasteiger partial charge in [-0.05, 0) is 41.6 Å². The van der Waals surface area contributed by atoms with Crippen LogP contribution in [0.15, 0.2) is 21.6 Å². The molecule has 20 heavy (non-hydrogen) atoms. The number of sulfonamides is 1. The number of thioether (sulfide) groups is 1. The van der Waals surface area contributed by atoms with E-state index in [1.807, 2.05) is 20.1 Å². The van der Waals surface area contributed by atoms with Gasteiger partial charge in [-0.2, -0.15) is 11.8 Å². The Kier molecular flexibility index (Phi) is 7.28. The van der Waals surface area contributed by atoms with Gasteiger partial charge in [0.05, 0.1) is 0 Å². The van der Waals surface area contributed by atoms with Crippen LogP contribution in [0.3, 0.4) is 0 Å². The summed E-state index contributed by atoms with van der Waals surface area (Å²) in [5, 5.41) is 2.98. The minimum absolute atomic E-state index is 0.0801. The van der Waals surface area contributed by atoms with E-state index in [0.717, 1.165) is 12.2 Å². The summed E-state index contributed by atoms with van der Waals surface area (Å²) < 4.78 is 28.4. The highest BCUT2D eigenvalue weighted by atomic mass is 79.9. The van der Waals surface area contributed by atoms with Crippen molar-refractivity contribution in [2.24, 2.45) is 0 Å². The van der Waals surface area contributed by atoms with Gasteiger partial charge in [-0.1, -0.05) is 6.92 Å². The monoisotopic (exact) mass is 381 g/mol. The molecule has 1 aromatic rings. The van der Waals surface area contributed by atoms with Gasteiger partial charge in [-0.25, -0.2) is 18.1 Å². The van der Waals surface area contributed by atoms with E-state index < -0.39 is 10.0 Å². The van der Waals surface area contributed by atoms with E-state index in [9.17, 15) is 8.42 Å². The summed E-state index contributed by atoms with van der Waals surface area (Å²) in [6.45, 7) is 4.48. The largest absolute Gasteiger partial charge is 0.369 e. The third kappa shape index (κ3) is 4.91. The van der Waals surface area contributed by atoms with E-state index in [4.69, 9.17) is 0 Å². The second-order valence-corrected chi connectivity index (χ2v) is 7.72. The van der Waals surface area contributed by atoms with Crippen molar-refractivity contribution >= 4 is 43.5 Å². The van der Waals surface area contributed by atoms with Gasteiger partial charge < -0.3 is 5.32 Å². The molecule has 0 spiro atoms. The predicted molar refractivity (Wildman–Crippen MR) is 88.9 cm³/mol. The van der Waals surface area contributed by atoms with Crippen LogP contribution in [0.5, 0.6) is 0 Å². The number of halogens is 1. The molecule has 1 aromatic heterocycles. The lowest BCUT2D eigenvalue weighted by Crippen LogP contribution is -2.36. The standard InChI is InChI=1S/C12H20BrN3O2S2/c1-4-10(8-19-3)16-20(17,18)11-6-9(13)7-15-12(11)14-5-2/h6-7,10,16H,4-5,8H2,1-3H3,(H,14,15). The summed E-state index contributed by atoms with van der Waals surface area (Å²) in [7, 11) is -3.59. The van der Waals surface area contributed by atoms with Gasteiger partial charge in [0.15, 0.2) is 0 Å². The van der Waals surface area contributed by atoms with Crippen molar-refractivity contribution in [1.82, 2.24) is 9.71 Å². The number of hydrogen-bond acceptors (Lipinski definition) is 5. The zero-order chi connectivity index (χ0) is 15.2. The number of nitrogens with one attached hydrogen (secondary N) is 2. The maximum atomic E-state index is 12.5. The Balaban J connectivity index is 3.10. The molecule has 114 valence electrons. The molecular weight excluding hydrogens is 362 g/mol. The molecule has 1 atom stereocenters. The average Bonchev–Trinajstić information content (AvgIpc) is 2.40. The first-order chi connectivity index (χ1) is 9.44. The molecule has 5 nitrogen and oxygen atoms in total. The lowest BCUT2D eigenvalue weighted by Gasteiger charge is -2.17. The third-order valence-electron chi connectivity index (χ3n) is 2.64. The molecule has 0 aliphatic carbocycles. The Labute approximate surface area is 133 Å². The van der Waals surface area contributed by atoms with E-state index in [-0.39, 0.29) is 10.9 Å². The maximum Gasteiger partial charge on any atom is 0.244 e. The first-order valence-electron chi connectivity index (χ1n) is 6.35. The van der Waals surface area contributed by atoms with E-state index in [1.165, 1.54) is 0 Å². The van der Waals surface area contributed by atoms with Gasteiger partial charge in [-0.3, -0.25) is 0 Å². The molecule has 8 heteroatoms. The van der Waals surface area contributed by atoms with Gasteiger partial charge in [0.25, 0.3) is 0 Å². The van der Waals surface area contributed by atoms with Crippen LogP contribution in [0.1, 0.15) is 20.3 Å². The van der Waals surface area contributed by atoms with Crippen LogP contribution >= 0.6 is 27.7 Å². The SMILES string of the molecule is CCNc1ncc(Br)cc1S(=O)(=O)NC(CC)CSC. The zero-order valence-corrected chi connectivity index (χ0v) is 15.0. The molecule has 1 rings (SSSR count). The predicted octanol–water partition coefficient (Wildman–Crippen LogP) is 2.70. The van der Waals surface area contributed by atoms with Crippen LogP contribution in [0.4, 0.5) is 5.82 Å². The molecule has 0 bridgehead atoms. The average molecular weight is 382 g/mol. The molecule has 0 aliphatic heterocycles. The molecule has 0 fully saturated rings. The summed E-state index contributed by atoms with van der Waals surface area (Å²) in [5.41, 5.74) is 0. The first kappa shape index (κ1) is 17.7. The fourth-order valence-electron chi connectivity index (χ4n) is 1.65. The Bertz CT molecular complexity index is 538. The van der Waals surface area contributed by atoms with Gasteiger partial charge in [0, 0.05) is 29.0 Å². The number of nitrogens with zero attached hydrogens (tertiary/aromatic N) is 1. The Morgan fingerprint density at radius 3 is 2.70 bits per heavy atom. The highest BCUT2D eigenvalue weighted by Crippen LogP contribution is 2.23. The number of pyridine rings is 1. The lowest BCUT2D eigenvalue weighted by molar-refractivity contribution is 0.558. The van der Waals surface area contributed by atoms with Gasteiger partial charge in [0.1, 0.15) is 10.7 Å². The van der Waals surface area contributed by atoms with Crippen LogP contribution in [-0.2, 0) is 10.0 Å². The van der Waals surface area contributed by atoms with Crippen LogP contribution in [0.25, 0.3) is 0 Å². The Morgan fingerprint density at radius 2 is 2.15 bits per heavy atom. The van der Waals surface area contributed by atoms with Crippen LogP contribution < -0.4 is 10.0 Å². The van der Waals surface area contributed by atoms with Crippen molar-refractivity contribution in [3.8, 4) is 0 Å². The number of aromatic nitrogens is 1. The Hall–Kier alpha value is -0.310. The van der Waals surface area contributed by atoms with Crippen molar-refractivity contribution in [3.05, 3.63) is 16.7 Å². The molecule has 0 saturated heterocycles. The Morgan fingerprint density at radius 1 is 1.45 bits per heavy atom. The highest BCUT2D eigenvalue weighted by molar-refractivity contribution is 9.10.